The van der Waals surface area contributed by atoms with Gasteiger partial charge in [-0.3, -0.25) is 4.79 Å². The van der Waals surface area contributed by atoms with Crippen LogP contribution in [0.25, 0.3) is 0 Å². The molecular weight excluding hydrogens is 216 g/mol. The quantitative estimate of drug-likeness (QED) is 0.519. The first kappa shape index (κ1) is 14.4. The molecule has 2 atom stereocenters. The summed E-state index contributed by atoms with van der Waals surface area (Å²) in [6.07, 6.45) is 1.97. The molecular formula is C12H26N4O. The van der Waals surface area contributed by atoms with Gasteiger partial charge in [-0.1, -0.05) is 0 Å². The molecule has 0 spiro atoms. The monoisotopic (exact) mass is 242 g/mol. The number of hydrogen-bond donors (Lipinski definition) is 3. The van der Waals surface area contributed by atoms with Gasteiger partial charge < -0.3 is 21.7 Å². The van der Waals surface area contributed by atoms with E-state index in [4.69, 9.17) is 11.5 Å². The molecule has 1 fully saturated rings. The Morgan fingerprint density at radius 2 is 2.00 bits per heavy atom. The van der Waals surface area contributed by atoms with Crippen molar-refractivity contribution in [3.05, 3.63) is 0 Å². The molecule has 5 heteroatoms. The predicted molar refractivity (Wildman–Crippen MR) is 69.4 cm³/mol. The lowest BCUT2D eigenvalue weighted by Crippen LogP contribution is -2.38. The van der Waals surface area contributed by atoms with Gasteiger partial charge in [-0.25, -0.2) is 0 Å². The van der Waals surface area contributed by atoms with Gasteiger partial charge in [-0.2, -0.15) is 0 Å². The van der Waals surface area contributed by atoms with Crippen LogP contribution >= 0.6 is 0 Å². The Bertz CT molecular complexity index is 235. The van der Waals surface area contributed by atoms with Crippen LogP contribution in [0.15, 0.2) is 0 Å². The zero-order chi connectivity index (χ0) is 12.7. The zero-order valence-electron chi connectivity index (χ0n) is 10.8. The van der Waals surface area contributed by atoms with Crippen molar-refractivity contribution in [1.29, 1.82) is 0 Å². The maximum absolute atomic E-state index is 11.6. The molecule has 1 aliphatic rings. The number of unbranched alkanes of at least 4 members (excludes halogenated alkanes) is 1. The fourth-order valence-electron chi connectivity index (χ4n) is 2.38. The van der Waals surface area contributed by atoms with E-state index in [1.54, 1.807) is 6.92 Å². The zero-order valence-corrected chi connectivity index (χ0v) is 10.8. The maximum Gasteiger partial charge on any atom is 0.219 e. The fraction of sp³-hybridized carbons (Fsp3) is 0.917. The molecule has 2 unspecified atom stereocenters. The number of nitrogens with one attached hydrogen (secondary N) is 1. The molecule has 0 bridgehead atoms. The van der Waals surface area contributed by atoms with Crippen LogP contribution in [0.3, 0.4) is 0 Å². The first-order chi connectivity index (χ1) is 8.19. The second kappa shape index (κ2) is 7.63. The van der Waals surface area contributed by atoms with Crippen molar-refractivity contribution in [2.24, 2.45) is 23.3 Å². The van der Waals surface area contributed by atoms with Gasteiger partial charge in [-0.05, 0) is 44.3 Å². The van der Waals surface area contributed by atoms with E-state index in [0.717, 1.165) is 39.0 Å². The normalized spacial score (nSPS) is 23.9. The Morgan fingerprint density at radius 1 is 1.29 bits per heavy atom. The highest BCUT2D eigenvalue weighted by Gasteiger charge is 2.28. The second-order valence-corrected chi connectivity index (χ2v) is 4.87. The second-order valence-electron chi connectivity index (χ2n) is 4.87. The summed E-state index contributed by atoms with van der Waals surface area (Å²) in [5, 5.41) is 3.35. The number of rotatable bonds is 7. The maximum atomic E-state index is 11.6. The Hall–Kier alpha value is -0.650. The molecule has 1 amide bonds. The largest absolute Gasteiger partial charge is 0.343 e. The van der Waals surface area contributed by atoms with Crippen molar-refractivity contribution in [2.75, 3.05) is 39.3 Å². The predicted octanol–water partition coefficient (Wildman–Crippen LogP) is -0.632. The third-order valence-corrected chi connectivity index (χ3v) is 3.56. The topological polar surface area (TPSA) is 84.4 Å². The Kier molecular flexibility index (Phi) is 6.47. The lowest BCUT2D eigenvalue weighted by molar-refractivity contribution is -0.129. The van der Waals surface area contributed by atoms with E-state index < -0.39 is 0 Å². The van der Waals surface area contributed by atoms with Crippen molar-refractivity contribution in [2.45, 2.75) is 19.8 Å². The van der Waals surface area contributed by atoms with Crippen LogP contribution in [0.2, 0.25) is 0 Å². The molecule has 1 rings (SSSR count). The van der Waals surface area contributed by atoms with E-state index in [9.17, 15) is 4.79 Å². The van der Waals surface area contributed by atoms with Crippen molar-refractivity contribution >= 4 is 5.91 Å². The fourth-order valence-corrected chi connectivity index (χ4v) is 2.38. The smallest absolute Gasteiger partial charge is 0.219 e. The van der Waals surface area contributed by atoms with Gasteiger partial charge in [0.15, 0.2) is 0 Å². The summed E-state index contributed by atoms with van der Waals surface area (Å²) in [4.78, 5) is 13.5. The van der Waals surface area contributed by atoms with Crippen molar-refractivity contribution in [3.63, 3.8) is 0 Å². The molecule has 100 valence electrons. The molecule has 0 aromatic heterocycles. The summed E-state index contributed by atoms with van der Waals surface area (Å²) >= 11 is 0. The van der Waals surface area contributed by atoms with E-state index in [1.165, 1.54) is 0 Å². The molecule has 5 N–H and O–H groups in total. The number of nitrogens with two attached hydrogens (primary N) is 2. The van der Waals surface area contributed by atoms with E-state index in [1.807, 2.05) is 4.90 Å². The third kappa shape index (κ3) is 4.61. The number of nitrogens with zero attached hydrogens (tertiary/aromatic N) is 1. The first-order valence-electron chi connectivity index (χ1n) is 6.55. The van der Waals surface area contributed by atoms with Crippen LogP contribution in [0, 0.1) is 11.8 Å². The molecule has 0 aromatic carbocycles. The van der Waals surface area contributed by atoms with Crippen molar-refractivity contribution in [1.82, 2.24) is 10.2 Å². The summed E-state index contributed by atoms with van der Waals surface area (Å²) in [5.74, 6) is 1.16. The average molecular weight is 242 g/mol. The van der Waals surface area contributed by atoms with Crippen LogP contribution in [0.4, 0.5) is 0 Å². The Balaban J connectivity index is 2.39. The minimum Gasteiger partial charge on any atom is -0.343 e. The Labute approximate surface area is 104 Å². The highest BCUT2D eigenvalue weighted by atomic mass is 16.2. The third-order valence-electron chi connectivity index (χ3n) is 3.56. The van der Waals surface area contributed by atoms with Gasteiger partial charge in [0.25, 0.3) is 0 Å². The minimum absolute atomic E-state index is 0.157. The SMILES string of the molecule is CC(=O)N(CCCCN)CC1CNCC1CN. The molecule has 1 heterocycles. The van der Waals surface area contributed by atoms with Crippen LogP contribution < -0.4 is 16.8 Å². The van der Waals surface area contributed by atoms with Gasteiger partial charge in [-0.15, -0.1) is 0 Å². The summed E-state index contributed by atoms with van der Waals surface area (Å²) in [5.41, 5.74) is 11.2. The molecule has 17 heavy (non-hydrogen) atoms. The molecule has 1 saturated heterocycles. The van der Waals surface area contributed by atoms with E-state index in [2.05, 4.69) is 5.32 Å². The minimum atomic E-state index is 0.157. The van der Waals surface area contributed by atoms with Crippen LogP contribution in [0.5, 0.6) is 0 Å². The first-order valence-corrected chi connectivity index (χ1v) is 6.55. The highest BCUT2D eigenvalue weighted by molar-refractivity contribution is 5.73. The number of carbonyl (C=O) groups excluding carboxylic acids is 1. The molecule has 0 saturated carbocycles. The van der Waals surface area contributed by atoms with Crippen LogP contribution in [0.1, 0.15) is 19.8 Å². The summed E-state index contributed by atoms with van der Waals surface area (Å²) < 4.78 is 0. The van der Waals surface area contributed by atoms with Gasteiger partial charge in [0, 0.05) is 26.6 Å². The van der Waals surface area contributed by atoms with Gasteiger partial charge in [0.05, 0.1) is 0 Å². The van der Waals surface area contributed by atoms with Crippen molar-refractivity contribution in [3.8, 4) is 0 Å². The summed E-state index contributed by atoms with van der Waals surface area (Å²) in [7, 11) is 0. The molecule has 5 nitrogen and oxygen atoms in total. The van der Waals surface area contributed by atoms with Crippen LogP contribution in [-0.4, -0.2) is 50.1 Å². The molecule has 1 aliphatic heterocycles. The lowest BCUT2D eigenvalue weighted by atomic mass is 9.95. The van der Waals surface area contributed by atoms with E-state index in [0.29, 0.717) is 24.9 Å². The number of hydrogen-bond acceptors (Lipinski definition) is 4. The van der Waals surface area contributed by atoms with Gasteiger partial charge in [0.2, 0.25) is 5.91 Å². The van der Waals surface area contributed by atoms with Gasteiger partial charge >= 0.3 is 0 Å². The Morgan fingerprint density at radius 3 is 2.59 bits per heavy atom. The van der Waals surface area contributed by atoms with Crippen LogP contribution in [-0.2, 0) is 4.79 Å². The summed E-state index contributed by atoms with van der Waals surface area (Å²) in [6.45, 7) is 6.64. The number of amides is 1. The number of carbonyl (C=O) groups is 1. The molecule has 0 radical (unpaired) electrons. The van der Waals surface area contributed by atoms with E-state index in [-0.39, 0.29) is 5.91 Å². The van der Waals surface area contributed by atoms with Gasteiger partial charge in [0.1, 0.15) is 0 Å². The molecule has 0 aliphatic carbocycles. The highest BCUT2D eigenvalue weighted by Crippen LogP contribution is 2.17. The lowest BCUT2D eigenvalue weighted by Gasteiger charge is -2.27. The van der Waals surface area contributed by atoms with E-state index >= 15 is 0 Å². The summed E-state index contributed by atoms with van der Waals surface area (Å²) in [6, 6.07) is 0. The average Bonchev–Trinajstić information content (AvgIpc) is 2.75. The molecule has 0 aromatic rings. The van der Waals surface area contributed by atoms with Crippen molar-refractivity contribution < 1.29 is 4.79 Å². The standard InChI is InChI=1S/C12H26N4O/c1-10(17)16(5-3-2-4-13)9-12-8-15-7-11(12)6-14/h11-12,15H,2-9,13-14H2,1H3.